The van der Waals surface area contributed by atoms with E-state index in [9.17, 15) is 14.4 Å². The van der Waals surface area contributed by atoms with E-state index >= 15 is 0 Å². The van der Waals surface area contributed by atoms with Gasteiger partial charge in [0.2, 0.25) is 0 Å². The van der Waals surface area contributed by atoms with Crippen LogP contribution in [0.2, 0.25) is 0 Å². The second-order valence-electron chi connectivity index (χ2n) is 7.91. The van der Waals surface area contributed by atoms with E-state index < -0.39 is 28.8 Å². The van der Waals surface area contributed by atoms with E-state index in [1.807, 2.05) is 30.3 Å². The Morgan fingerprint density at radius 1 is 1.04 bits per heavy atom. The number of Topliss-reactive ketones (excluding diaryl/α,β-unsaturated/α-hetero) is 2. The Hall–Kier alpha value is -2.23. The second kappa shape index (κ2) is 8.43. The highest BCUT2D eigenvalue weighted by Gasteiger charge is 2.50. The number of esters is 1. The van der Waals surface area contributed by atoms with E-state index in [1.165, 1.54) is 13.8 Å². The first-order valence-electron chi connectivity index (χ1n) is 8.85. The molecule has 0 bridgehead atoms. The summed E-state index contributed by atoms with van der Waals surface area (Å²) >= 11 is 0. The average molecular weight is 358 g/mol. The van der Waals surface area contributed by atoms with Crippen LogP contribution in [-0.2, 0) is 24.5 Å². The van der Waals surface area contributed by atoms with E-state index in [4.69, 9.17) is 4.74 Å². The molecule has 1 aromatic carbocycles. The van der Waals surface area contributed by atoms with Gasteiger partial charge in [-0.1, -0.05) is 43.3 Å². The molecule has 0 aliphatic heterocycles. The highest BCUT2D eigenvalue weighted by molar-refractivity contribution is 6.02. The Kier molecular flexibility index (Phi) is 7.08. The van der Waals surface area contributed by atoms with Gasteiger partial charge in [0.15, 0.2) is 0 Å². The maximum Gasteiger partial charge on any atom is 0.310 e. The van der Waals surface area contributed by atoms with Gasteiger partial charge in [-0.3, -0.25) is 14.4 Å². The highest BCUT2D eigenvalue weighted by Crippen LogP contribution is 2.43. The number of carbonyl (C=O) groups is 3. The lowest BCUT2D eigenvalue weighted by atomic mass is 9.60. The van der Waals surface area contributed by atoms with Crippen LogP contribution in [0.5, 0.6) is 0 Å². The molecule has 0 amide bonds. The first kappa shape index (κ1) is 21.8. The first-order valence-corrected chi connectivity index (χ1v) is 8.85. The minimum absolute atomic E-state index is 0.263. The lowest BCUT2D eigenvalue weighted by Gasteiger charge is -2.41. The molecule has 2 atom stereocenters. The minimum Gasteiger partial charge on any atom is -0.460 e. The SMILES string of the molecule is C=CC[C@H](C(=O)OC(C)(C)C)[C@@](C)(c1ccccc1)C(C(C)=O)C(C)=O. The van der Waals surface area contributed by atoms with Crippen molar-refractivity contribution in [2.45, 2.75) is 59.0 Å². The van der Waals surface area contributed by atoms with Crippen molar-refractivity contribution in [3.05, 3.63) is 48.6 Å². The summed E-state index contributed by atoms with van der Waals surface area (Å²) in [4.78, 5) is 37.9. The molecule has 1 aromatic rings. The minimum atomic E-state index is -1.03. The Morgan fingerprint density at radius 2 is 1.54 bits per heavy atom. The smallest absolute Gasteiger partial charge is 0.310 e. The summed E-state index contributed by atoms with van der Waals surface area (Å²) in [6.45, 7) is 13.7. The highest BCUT2D eigenvalue weighted by atomic mass is 16.6. The third kappa shape index (κ3) is 4.90. The average Bonchev–Trinajstić information content (AvgIpc) is 2.50. The summed E-state index contributed by atoms with van der Waals surface area (Å²) in [5, 5.41) is 0. The van der Waals surface area contributed by atoms with E-state index in [1.54, 1.807) is 33.8 Å². The molecule has 4 nitrogen and oxygen atoms in total. The largest absolute Gasteiger partial charge is 0.460 e. The van der Waals surface area contributed by atoms with E-state index in [2.05, 4.69) is 6.58 Å². The summed E-state index contributed by atoms with van der Waals surface area (Å²) in [5.74, 6) is -2.61. The summed E-state index contributed by atoms with van der Waals surface area (Å²) in [6.07, 6.45) is 1.93. The van der Waals surface area contributed by atoms with Crippen LogP contribution in [0, 0.1) is 11.8 Å². The number of ether oxygens (including phenoxy) is 1. The van der Waals surface area contributed by atoms with Crippen LogP contribution in [0.3, 0.4) is 0 Å². The van der Waals surface area contributed by atoms with Crippen molar-refractivity contribution in [2.24, 2.45) is 11.8 Å². The lowest BCUT2D eigenvalue weighted by Crippen LogP contribution is -2.50. The van der Waals surface area contributed by atoms with Gasteiger partial charge in [0.1, 0.15) is 17.2 Å². The molecule has 142 valence electrons. The number of allylic oxidation sites excluding steroid dienone is 1. The molecule has 0 N–H and O–H groups in total. The van der Waals surface area contributed by atoms with Gasteiger partial charge in [-0.2, -0.15) is 0 Å². The predicted molar refractivity (Wildman–Crippen MR) is 103 cm³/mol. The zero-order chi connectivity index (χ0) is 20.1. The third-order valence-corrected chi connectivity index (χ3v) is 4.63. The fraction of sp³-hybridized carbons (Fsp3) is 0.500. The fourth-order valence-electron chi connectivity index (χ4n) is 3.62. The molecule has 1 rings (SSSR count). The maximum atomic E-state index is 13.0. The van der Waals surface area contributed by atoms with Crippen LogP contribution < -0.4 is 0 Å². The standard InChI is InChI=1S/C22H30O4/c1-8-12-18(20(25)26-21(4,5)6)22(7,17-13-10-9-11-14-17)19(15(2)23)16(3)24/h8-11,13-14,18-19H,1,12H2,2-7H3/t18-,22-/m1/s1. The molecule has 0 aliphatic rings. The molecule has 0 heterocycles. The maximum absolute atomic E-state index is 13.0. The molecule has 26 heavy (non-hydrogen) atoms. The van der Waals surface area contributed by atoms with Gasteiger partial charge in [-0.25, -0.2) is 0 Å². The third-order valence-electron chi connectivity index (χ3n) is 4.63. The summed E-state index contributed by atoms with van der Waals surface area (Å²) in [7, 11) is 0. The second-order valence-corrected chi connectivity index (χ2v) is 7.91. The van der Waals surface area contributed by atoms with Crippen LogP contribution in [0.1, 0.15) is 53.5 Å². The van der Waals surface area contributed by atoms with Gasteiger partial charge >= 0.3 is 5.97 Å². The number of ketones is 2. The van der Waals surface area contributed by atoms with Gasteiger partial charge in [0.05, 0.1) is 11.8 Å². The molecule has 0 saturated carbocycles. The molecular formula is C22H30O4. The molecule has 0 aromatic heterocycles. The first-order chi connectivity index (χ1) is 11.9. The summed E-state index contributed by atoms with van der Waals surface area (Å²) < 4.78 is 5.62. The summed E-state index contributed by atoms with van der Waals surface area (Å²) in [6, 6.07) is 9.23. The monoisotopic (exact) mass is 358 g/mol. The molecule has 0 unspecified atom stereocenters. The number of rotatable bonds is 8. The Labute approximate surface area is 156 Å². The van der Waals surface area contributed by atoms with Crippen molar-refractivity contribution < 1.29 is 19.1 Å². The van der Waals surface area contributed by atoms with Crippen LogP contribution in [0.15, 0.2) is 43.0 Å². The van der Waals surface area contributed by atoms with Crippen LogP contribution >= 0.6 is 0 Å². The normalized spacial score (nSPS) is 15.0. The molecule has 0 spiro atoms. The van der Waals surface area contributed by atoms with Crippen LogP contribution in [0.4, 0.5) is 0 Å². The van der Waals surface area contributed by atoms with Crippen molar-refractivity contribution in [3.63, 3.8) is 0 Å². The molecule has 0 fully saturated rings. The van der Waals surface area contributed by atoms with Gasteiger partial charge in [0.25, 0.3) is 0 Å². The van der Waals surface area contributed by atoms with E-state index in [-0.39, 0.29) is 11.6 Å². The fourth-order valence-corrected chi connectivity index (χ4v) is 3.62. The van der Waals surface area contributed by atoms with Crippen molar-refractivity contribution in [1.82, 2.24) is 0 Å². The van der Waals surface area contributed by atoms with E-state index in [0.29, 0.717) is 6.42 Å². The van der Waals surface area contributed by atoms with Gasteiger partial charge in [0, 0.05) is 5.41 Å². The molecule has 0 saturated heterocycles. The number of carbonyl (C=O) groups excluding carboxylic acids is 3. The summed E-state index contributed by atoms with van der Waals surface area (Å²) in [5.41, 5.74) is -0.945. The number of hydrogen-bond donors (Lipinski definition) is 0. The number of benzene rings is 1. The molecular weight excluding hydrogens is 328 g/mol. The Bertz CT molecular complexity index is 655. The van der Waals surface area contributed by atoms with Crippen molar-refractivity contribution >= 4 is 17.5 Å². The number of hydrogen-bond acceptors (Lipinski definition) is 4. The van der Waals surface area contributed by atoms with Crippen LogP contribution in [-0.4, -0.2) is 23.1 Å². The van der Waals surface area contributed by atoms with Crippen molar-refractivity contribution in [1.29, 1.82) is 0 Å². The van der Waals surface area contributed by atoms with Crippen molar-refractivity contribution in [2.75, 3.05) is 0 Å². The molecule has 4 heteroatoms. The predicted octanol–water partition coefficient (Wildman–Crippen LogP) is 4.27. The van der Waals surface area contributed by atoms with E-state index in [0.717, 1.165) is 5.56 Å². The lowest BCUT2D eigenvalue weighted by molar-refractivity contribution is -0.164. The van der Waals surface area contributed by atoms with Crippen LogP contribution in [0.25, 0.3) is 0 Å². The Balaban J connectivity index is 3.63. The quantitative estimate of drug-likeness (QED) is 0.395. The molecule has 0 aliphatic carbocycles. The van der Waals surface area contributed by atoms with Gasteiger partial charge in [-0.05, 0) is 46.6 Å². The van der Waals surface area contributed by atoms with Gasteiger partial charge < -0.3 is 4.74 Å². The van der Waals surface area contributed by atoms with Gasteiger partial charge in [-0.15, -0.1) is 6.58 Å². The Morgan fingerprint density at radius 3 is 1.92 bits per heavy atom. The molecule has 0 radical (unpaired) electrons. The van der Waals surface area contributed by atoms with Crippen molar-refractivity contribution in [3.8, 4) is 0 Å². The topological polar surface area (TPSA) is 60.4 Å². The zero-order valence-electron chi connectivity index (χ0n) is 16.7. The zero-order valence-corrected chi connectivity index (χ0v) is 16.7.